The molecule has 0 spiro atoms. The minimum atomic E-state index is -1.81. The molecule has 1 amide bonds. The van der Waals surface area contributed by atoms with Gasteiger partial charge in [-0.05, 0) is 41.5 Å². The van der Waals surface area contributed by atoms with Gasteiger partial charge in [0, 0.05) is 45.8 Å². The first kappa shape index (κ1) is 26.4. The zero-order valence-electron chi connectivity index (χ0n) is 20.8. The van der Waals surface area contributed by atoms with E-state index in [2.05, 4.69) is 14.9 Å². The number of amidine groups is 1. The van der Waals surface area contributed by atoms with Gasteiger partial charge in [0.15, 0.2) is 0 Å². The number of carbonyl (C=O) groups excluding carboxylic acids is 1. The van der Waals surface area contributed by atoms with E-state index < -0.39 is 17.3 Å². The molecule has 1 unspecified atom stereocenters. The molecule has 2 aliphatic rings. The highest BCUT2D eigenvalue weighted by Crippen LogP contribution is 2.37. The maximum atomic E-state index is 13.6. The summed E-state index contributed by atoms with van der Waals surface area (Å²) >= 11 is 10.5. The SMILES string of the molecule is O=C(CCC1=NS(=O)ON1)N1N=C(c2c(-c3ccc(Cl)cc3)c3ccccc3[nH]c2=O)C[C@H]1c1ccc(Cl)cc1. The number of nitrogens with one attached hydrogen (secondary N) is 2. The van der Waals surface area contributed by atoms with Crippen LogP contribution < -0.4 is 11.0 Å². The number of nitrogens with zero attached hydrogens (tertiary/aromatic N) is 3. The van der Waals surface area contributed by atoms with Gasteiger partial charge in [-0.1, -0.05) is 65.7 Å². The summed E-state index contributed by atoms with van der Waals surface area (Å²) in [4.78, 5) is 30.1. The molecule has 12 heteroatoms. The highest BCUT2D eigenvalue weighted by molar-refractivity contribution is 7.79. The third-order valence-electron chi connectivity index (χ3n) is 6.75. The van der Waals surface area contributed by atoms with Gasteiger partial charge >= 0.3 is 11.3 Å². The molecule has 0 fully saturated rings. The number of para-hydroxylation sites is 1. The molecule has 2 atom stereocenters. The van der Waals surface area contributed by atoms with Gasteiger partial charge in [-0.2, -0.15) is 9.39 Å². The summed E-state index contributed by atoms with van der Waals surface area (Å²) < 4.78 is 19.9. The van der Waals surface area contributed by atoms with Crippen LogP contribution in [-0.4, -0.2) is 31.7 Å². The van der Waals surface area contributed by atoms with Crippen LogP contribution in [-0.2, 0) is 20.3 Å². The lowest BCUT2D eigenvalue weighted by Crippen LogP contribution is -2.28. The first-order valence-electron chi connectivity index (χ1n) is 12.4. The van der Waals surface area contributed by atoms with Crippen molar-refractivity contribution in [2.24, 2.45) is 9.50 Å². The molecule has 202 valence electrons. The Morgan fingerprint density at radius 2 is 1.70 bits per heavy atom. The molecule has 2 N–H and O–H groups in total. The zero-order valence-corrected chi connectivity index (χ0v) is 23.1. The second-order valence-corrected chi connectivity index (χ2v) is 10.9. The van der Waals surface area contributed by atoms with Crippen LogP contribution in [0.4, 0.5) is 0 Å². The molecule has 3 heterocycles. The Morgan fingerprint density at radius 1 is 1.00 bits per heavy atom. The standard InChI is InChI=1S/C28H21Cl2N5O4S/c29-18-9-5-16(6-10-18)23-15-22(32-35(23)25(36)14-13-24-33-39-40(38)34-24)27-26(17-7-11-19(30)12-8-17)20-3-1-2-4-21(20)31-28(27)37/h1-12,23H,13-15H2,(H,31,37)(H,33,34)/t23-,40?/m0/s1. The van der Waals surface area contributed by atoms with Crippen molar-refractivity contribution in [1.29, 1.82) is 0 Å². The highest BCUT2D eigenvalue weighted by atomic mass is 35.5. The first-order chi connectivity index (χ1) is 19.4. The number of amides is 1. The van der Waals surface area contributed by atoms with Gasteiger partial charge in [-0.3, -0.25) is 9.59 Å². The van der Waals surface area contributed by atoms with Gasteiger partial charge in [-0.25, -0.2) is 14.7 Å². The minimum absolute atomic E-state index is 0.0331. The number of carbonyl (C=O) groups is 1. The van der Waals surface area contributed by atoms with E-state index in [1.807, 2.05) is 48.5 Å². The average molecular weight is 594 g/mol. The summed E-state index contributed by atoms with van der Waals surface area (Å²) in [5, 5.41) is 8.13. The van der Waals surface area contributed by atoms with Gasteiger partial charge < -0.3 is 4.98 Å². The molecule has 2 aliphatic heterocycles. The molecular weight excluding hydrogens is 573 g/mol. The highest BCUT2D eigenvalue weighted by Gasteiger charge is 2.35. The topological polar surface area (TPSA) is 116 Å². The van der Waals surface area contributed by atoms with Crippen LogP contribution in [0.3, 0.4) is 0 Å². The van der Waals surface area contributed by atoms with Crippen LogP contribution in [0.2, 0.25) is 10.0 Å². The fourth-order valence-corrected chi connectivity index (χ4v) is 5.68. The number of fused-ring (bicyclic) bond motifs is 1. The van der Waals surface area contributed by atoms with Crippen LogP contribution in [0, 0.1) is 0 Å². The Bertz CT molecular complexity index is 1770. The maximum Gasteiger partial charge on any atom is 0.309 e. The lowest BCUT2D eigenvalue weighted by molar-refractivity contribution is -0.132. The van der Waals surface area contributed by atoms with Crippen LogP contribution >= 0.6 is 23.2 Å². The summed E-state index contributed by atoms with van der Waals surface area (Å²) in [6, 6.07) is 21.6. The van der Waals surface area contributed by atoms with Crippen LogP contribution in [0.1, 0.15) is 36.4 Å². The van der Waals surface area contributed by atoms with Crippen molar-refractivity contribution in [1.82, 2.24) is 15.5 Å². The molecule has 6 rings (SSSR count). The normalized spacial score (nSPS) is 18.5. The summed E-state index contributed by atoms with van der Waals surface area (Å²) in [7, 11) is 0. The van der Waals surface area contributed by atoms with Gasteiger partial charge in [0.2, 0.25) is 5.91 Å². The molecule has 4 aromatic rings. The van der Waals surface area contributed by atoms with Crippen molar-refractivity contribution in [3.63, 3.8) is 0 Å². The van der Waals surface area contributed by atoms with Crippen molar-refractivity contribution in [2.75, 3.05) is 0 Å². The average Bonchev–Trinajstić information content (AvgIpc) is 3.58. The lowest BCUT2D eigenvalue weighted by Gasteiger charge is -2.22. The number of aromatic amines is 1. The third kappa shape index (κ3) is 5.18. The number of hydrazone groups is 1. The fraction of sp³-hybridized carbons (Fsp3) is 0.143. The molecular formula is C28H21Cl2N5O4S. The summed E-state index contributed by atoms with van der Waals surface area (Å²) in [5.74, 6) is 0.0246. The predicted molar refractivity (Wildman–Crippen MR) is 156 cm³/mol. The third-order valence-corrected chi connectivity index (χ3v) is 7.85. The fourth-order valence-electron chi connectivity index (χ4n) is 4.92. The van der Waals surface area contributed by atoms with E-state index in [1.54, 1.807) is 24.3 Å². The smallest absolute Gasteiger partial charge is 0.309 e. The Hall–Kier alpha value is -3.83. The van der Waals surface area contributed by atoms with Crippen LogP contribution in [0.15, 0.2) is 87.1 Å². The van der Waals surface area contributed by atoms with E-state index in [9.17, 15) is 13.8 Å². The van der Waals surface area contributed by atoms with Crippen LogP contribution in [0.5, 0.6) is 0 Å². The minimum Gasteiger partial charge on any atom is -0.321 e. The van der Waals surface area contributed by atoms with E-state index in [1.165, 1.54) is 5.01 Å². The Kier molecular flexibility index (Phi) is 7.24. The quantitative estimate of drug-likeness (QED) is 0.307. The first-order valence-corrected chi connectivity index (χ1v) is 14.2. The van der Waals surface area contributed by atoms with Crippen molar-refractivity contribution >= 4 is 62.8 Å². The number of rotatable bonds is 6. The lowest BCUT2D eigenvalue weighted by atomic mass is 9.91. The van der Waals surface area contributed by atoms with Crippen LogP contribution in [0.25, 0.3) is 22.0 Å². The van der Waals surface area contributed by atoms with Gasteiger partial charge in [0.25, 0.3) is 5.56 Å². The molecule has 0 radical (unpaired) electrons. The number of pyridine rings is 1. The van der Waals surface area contributed by atoms with Crippen molar-refractivity contribution < 1.29 is 13.3 Å². The number of benzene rings is 3. The number of H-pyrrole nitrogens is 1. The molecule has 0 saturated carbocycles. The number of hydrogen-bond donors (Lipinski definition) is 2. The van der Waals surface area contributed by atoms with E-state index in [4.69, 9.17) is 32.6 Å². The monoisotopic (exact) mass is 593 g/mol. The van der Waals surface area contributed by atoms with Gasteiger partial charge in [0.1, 0.15) is 5.84 Å². The Morgan fingerprint density at radius 3 is 2.40 bits per heavy atom. The van der Waals surface area contributed by atoms with Gasteiger partial charge in [-0.15, -0.1) is 4.40 Å². The molecule has 3 aromatic carbocycles. The Labute approximate surface area is 241 Å². The predicted octanol–water partition coefficient (Wildman–Crippen LogP) is 5.47. The van der Waals surface area contributed by atoms with Crippen molar-refractivity contribution in [3.8, 4) is 11.1 Å². The number of hydroxylamine groups is 1. The van der Waals surface area contributed by atoms with E-state index in [0.717, 1.165) is 16.5 Å². The number of halogens is 2. The van der Waals surface area contributed by atoms with E-state index in [0.29, 0.717) is 44.7 Å². The summed E-state index contributed by atoms with van der Waals surface area (Å²) in [6.07, 6.45) is 0.527. The Balaban J connectivity index is 1.45. The molecule has 0 saturated heterocycles. The molecule has 0 aliphatic carbocycles. The molecule has 1 aromatic heterocycles. The van der Waals surface area contributed by atoms with Gasteiger partial charge in [0.05, 0.1) is 17.3 Å². The summed E-state index contributed by atoms with van der Waals surface area (Å²) in [6.45, 7) is 0. The van der Waals surface area contributed by atoms with Crippen molar-refractivity contribution in [2.45, 2.75) is 25.3 Å². The number of hydrogen-bond acceptors (Lipinski definition) is 6. The number of aromatic nitrogens is 1. The van der Waals surface area contributed by atoms with Crippen molar-refractivity contribution in [3.05, 3.63) is 104 Å². The second-order valence-electron chi connectivity index (χ2n) is 9.25. The maximum absolute atomic E-state index is 13.6. The second kappa shape index (κ2) is 11.0. The molecule has 9 nitrogen and oxygen atoms in total. The largest absolute Gasteiger partial charge is 0.321 e. The summed E-state index contributed by atoms with van der Waals surface area (Å²) in [5.41, 5.74) is 6.04. The van der Waals surface area contributed by atoms with E-state index in [-0.39, 0.29) is 24.3 Å². The molecule has 40 heavy (non-hydrogen) atoms. The van der Waals surface area contributed by atoms with E-state index >= 15 is 0 Å². The zero-order chi connectivity index (χ0) is 27.8. The molecule has 0 bridgehead atoms.